The predicted octanol–water partition coefficient (Wildman–Crippen LogP) is 4.16. The number of hydrogen-bond donors (Lipinski definition) is 0. The molecule has 0 radical (unpaired) electrons. The number of rotatable bonds is 8. The van der Waals surface area contributed by atoms with Crippen LogP contribution < -0.4 is 0 Å². The largest absolute Gasteiger partial charge is 0.444 e. The van der Waals surface area contributed by atoms with Gasteiger partial charge in [-0.25, -0.2) is 4.79 Å². The summed E-state index contributed by atoms with van der Waals surface area (Å²) >= 11 is 6.69. The molecule has 1 aromatic heterocycles. The Hall–Kier alpha value is -2.36. The van der Waals surface area contributed by atoms with Crippen molar-refractivity contribution < 1.29 is 23.8 Å². The first-order valence-corrected chi connectivity index (χ1v) is 13.0. The van der Waals surface area contributed by atoms with E-state index >= 15 is 0 Å². The van der Waals surface area contributed by atoms with Crippen LogP contribution in [0.5, 0.6) is 0 Å². The van der Waals surface area contributed by atoms with Crippen LogP contribution in [0, 0.1) is 6.92 Å². The molecule has 198 valence electrons. The van der Waals surface area contributed by atoms with Crippen LogP contribution in [0.2, 0.25) is 5.02 Å². The van der Waals surface area contributed by atoms with Gasteiger partial charge in [0.05, 0.1) is 29.4 Å². The Labute approximate surface area is 217 Å². The molecule has 10 heteroatoms. The number of aromatic nitrogens is 2. The molecule has 0 spiro atoms. The van der Waals surface area contributed by atoms with Crippen molar-refractivity contribution >= 4 is 34.5 Å². The Morgan fingerprint density at radius 1 is 1.28 bits per heavy atom. The van der Waals surface area contributed by atoms with Gasteiger partial charge in [-0.1, -0.05) is 11.6 Å². The van der Waals surface area contributed by atoms with Crippen LogP contribution in [0.15, 0.2) is 12.1 Å². The summed E-state index contributed by atoms with van der Waals surface area (Å²) in [5, 5.41) is 6.24. The van der Waals surface area contributed by atoms with Crippen molar-refractivity contribution in [3.05, 3.63) is 28.4 Å². The normalized spacial score (nSPS) is 18.5. The summed E-state index contributed by atoms with van der Waals surface area (Å²) in [6, 6.07) is 4.17. The molecule has 36 heavy (non-hydrogen) atoms. The Morgan fingerprint density at radius 2 is 2.03 bits per heavy atom. The summed E-state index contributed by atoms with van der Waals surface area (Å²) in [5.41, 5.74) is 2.19. The topological polar surface area (TPSA) is 86.1 Å². The van der Waals surface area contributed by atoms with Gasteiger partial charge in [0.15, 0.2) is 6.10 Å². The number of carbonyl (C=O) groups excluding carboxylic acids is 2. The zero-order valence-corrected chi connectivity index (χ0v) is 22.6. The van der Waals surface area contributed by atoms with Crippen molar-refractivity contribution in [1.29, 1.82) is 0 Å². The third-order valence-corrected chi connectivity index (χ3v) is 6.67. The minimum atomic E-state index is -0.715. The Kier molecular flexibility index (Phi) is 8.12. The number of halogens is 1. The number of ether oxygens (including phenoxy) is 3. The molecule has 2 amide bonds. The van der Waals surface area contributed by atoms with E-state index in [1.165, 1.54) is 0 Å². The van der Waals surface area contributed by atoms with Crippen molar-refractivity contribution in [3.8, 4) is 0 Å². The first kappa shape index (κ1) is 26.7. The van der Waals surface area contributed by atoms with E-state index < -0.39 is 17.8 Å². The van der Waals surface area contributed by atoms with Crippen LogP contribution in [-0.4, -0.2) is 82.7 Å². The number of fused-ring (bicyclic) bond motifs is 1. The van der Waals surface area contributed by atoms with Gasteiger partial charge < -0.3 is 24.0 Å². The zero-order chi connectivity index (χ0) is 26.0. The van der Waals surface area contributed by atoms with Gasteiger partial charge in [-0.05, 0) is 64.7 Å². The predicted molar refractivity (Wildman–Crippen MR) is 137 cm³/mol. The van der Waals surface area contributed by atoms with Crippen LogP contribution in [0.25, 0.3) is 10.9 Å². The fourth-order valence-electron chi connectivity index (χ4n) is 4.56. The number of methoxy groups -OCH3 is 1. The summed E-state index contributed by atoms with van der Waals surface area (Å²) in [6.45, 7) is 10.1. The van der Waals surface area contributed by atoms with Gasteiger partial charge in [-0.2, -0.15) is 5.10 Å². The number of carbonyl (C=O) groups is 2. The van der Waals surface area contributed by atoms with Gasteiger partial charge in [0.2, 0.25) is 0 Å². The summed E-state index contributed by atoms with van der Waals surface area (Å²) in [6.07, 6.45) is 1.62. The lowest BCUT2D eigenvalue weighted by Gasteiger charge is -2.36. The Balaban J connectivity index is 1.51. The molecule has 1 aliphatic heterocycles. The van der Waals surface area contributed by atoms with Gasteiger partial charge in [0.25, 0.3) is 5.91 Å². The highest BCUT2D eigenvalue weighted by atomic mass is 35.5. The van der Waals surface area contributed by atoms with E-state index in [9.17, 15) is 9.59 Å². The van der Waals surface area contributed by atoms with E-state index in [0.717, 1.165) is 48.0 Å². The fraction of sp³-hybridized carbons (Fsp3) is 0.654. The van der Waals surface area contributed by atoms with Gasteiger partial charge in [0, 0.05) is 44.8 Å². The summed E-state index contributed by atoms with van der Waals surface area (Å²) in [5.74, 6) is -0.105. The summed E-state index contributed by atoms with van der Waals surface area (Å²) < 4.78 is 18.5. The molecule has 0 bridgehead atoms. The molecule has 2 aromatic rings. The maximum Gasteiger partial charge on any atom is 0.410 e. The van der Waals surface area contributed by atoms with Crippen LogP contribution in [-0.2, 0) is 32.1 Å². The fourth-order valence-corrected chi connectivity index (χ4v) is 4.93. The third-order valence-electron chi connectivity index (χ3n) is 6.38. The van der Waals surface area contributed by atoms with Gasteiger partial charge in [-0.3, -0.25) is 9.48 Å². The van der Waals surface area contributed by atoms with Gasteiger partial charge >= 0.3 is 6.09 Å². The molecule has 0 N–H and O–H groups in total. The van der Waals surface area contributed by atoms with E-state index in [-0.39, 0.29) is 18.5 Å². The average Bonchev–Trinajstić information content (AvgIpc) is 3.60. The Bertz CT molecular complexity index is 1110. The summed E-state index contributed by atoms with van der Waals surface area (Å²) in [7, 11) is 1.69. The van der Waals surface area contributed by atoms with Crippen LogP contribution >= 0.6 is 11.6 Å². The smallest absolute Gasteiger partial charge is 0.410 e. The quantitative estimate of drug-likeness (QED) is 0.486. The highest BCUT2D eigenvalue weighted by Gasteiger charge is 2.39. The average molecular weight is 521 g/mol. The molecule has 1 aromatic carbocycles. The SMILES string of the molecule is COCCCn1nc(C)c2c(Cl)cc(CN(C(=O)[C@H]3CN(C(=O)OC(C)(C)C)CCO3)C3CC3)cc21. The lowest BCUT2D eigenvalue weighted by Crippen LogP contribution is -2.53. The number of morpholine rings is 1. The van der Waals surface area contributed by atoms with E-state index in [1.807, 2.05) is 43.3 Å². The van der Waals surface area contributed by atoms with E-state index in [0.29, 0.717) is 31.3 Å². The molecule has 1 saturated carbocycles. The number of hydrogen-bond acceptors (Lipinski definition) is 6. The van der Waals surface area contributed by atoms with E-state index in [2.05, 4.69) is 11.2 Å². The molecular weight excluding hydrogens is 484 g/mol. The van der Waals surface area contributed by atoms with E-state index in [1.54, 1.807) is 12.0 Å². The highest BCUT2D eigenvalue weighted by Crippen LogP contribution is 2.33. The van der Waals surface area contributed by atoms with Gasteiger partial charge in [-0.15, -0.1) is 0 Å². The maximum absolute atomic E-state index is 13.6. The van der Waals surface area contributed by atoms with E-state index in [4.69, 9.17) is 25.8 Å². The van der Waals surface area contributed by atoms with Crippen molar-refractivity contribution in [2.24, 2.45) is 0 Å². The van der Waals surface area contributed by atoms with Crippen molar-refractivity contribution in [3.63, 3.8) is 0 Å². The third kappa shape index (κ3) is 6.30. The molecule has 2 fully saturated rings. The minimum Gasteiger partial charge on any atom is -0.444 e. The molecule has 1 aliphatic carbocycles. The molecule has 9 nitrogen and oxygen atoms in total. The lowest BCUT2D eigenvalue weighted by atomic mass is 10.1. The number of aryl methyl sites for hydroxylation is 2. The van der Waals surface area contributed by atoms with Crippen molar-refractivity contribution in [2.75, 3.05) is 33.4 Å². The Morgan fingerprint density at radius 3 is 2.69 bits per heavy atom. The molecule has 1 atom stereocenters. The zero-order valence-electron chi connectivity index (χ0n) is 21.9. The lowest BCUT2D eigenvalue weighted by molar-refractivity contribution is -0.150. The second-order valence-electron chi connectivity index (χ2n) is 10.6. The number of amides is 2. The monoisotopic (exact) mass is 520 g/mol. The summed E-state index contributed by atoms with van der Waals surface area (Å²) in [4.78, 5) is 29.6. The second kappa shape index (κ2) is 10.9. The van der Waals surface area contributed by atoms with Gasteiger partial charge in [0.1, 0.15) is 5.60 Å². The number of benzene rings is 1. The van der Waals surface area contributed by atoms with Crippen LogP contribution in [0.4, 0.5) is 4.79 Å². The second-order valence-corrected chi connectivity index (χ2v) is 11.0. The van der Waals surface area contributed by atoms with Crippen LogP contribution in [0.1, 0.15) is 51.3 Å². The first-order chi connectivity index (χ1) is 17.1. The van der Waals surface area contributed by atoms with Crippen molar-refractivity contribution in [2.45, 2.75) is 77.8 Å². The molecule has 0 unspecified atom stereocenters. The minimum absolute atomic E-state index is 0.105. The molecule has 1 saturated heterocycles. The first-order valence-electron chi connectivity index (χ1n) is 12.6. The van der Waals surface area contributed by atoms with Crippen molar-refractivity contribution in [1.82, 2.24) is 19.6 Å². The number of nitrogens with zero attached hydrogens (tertiary/aromatic N) is 4. The molecule has 4 rings (SSSR count). The van der Waals surface area contributed by atoms with Crippen LogP contribution in [0.3, 0.4) is 0 Å². The maximum atomic E-state index is 13.6. The molecule has 2 heterocycles. The molecule has 2 aliphatic rings. The molecular formula is C26H37ClN4O5. The standard InChI is InChI=1S/C26H37ClN4O5/c1-17-23-20(27)13-18(14-21(23)31(28-17)9-6-11-34-5)15-30(19-7-8-19)24(32)22-16-29(10-12-35-22)25(33)36-26(2,3)4/h13-14,19,22H,6-12,15-16H2,1-5H3/t22-/m1/s1. The highest BCUT2D eigenvalue weighted by molar-refractivity contribution is 6.35.